The zero-order valence-electron chi connectivity index (χ0n) is 15.4. The van der Waals surface area contributed by atoms with E-state index < -0.39 is 9.84 Å². The molecule has 0 bridgehead atoms. The molecule has 0 saturated heterocycles. The normalized spacial score (nSPS) is 15.2. The highest BCUT2D eigenvalue weighted by Gasteiger charge is 2.10. The average molecular weight is 364 g/mol. The molecule has 25 heavy (non-hydrogen) atoms. The molecule has 0 aliphatic heterocycles. The van der Waals surface area contributed by atoms with Crippen molar-refractivity contribution in [2.75, 3.05) is 19.3 Å². The maximum atomic E-state index is 11.7. The van der Waals surface area contributed by atoms with Gasteiger partial charge in [-0.3, -0.25) is 0 Å². The number of rotatable bonds is 7. The largest absolute Gasteiger partial charge is 0.357 e. The summed E-state index contributed by atoms with van der Waals surface area (Å²) in [6, 6.07) is 5.40. The standard InChI is InChI=1S/C19H29N3O2S/c1-4-20-19(21-12-11-16-7-5-6-8-16)22-14-17-9-10-18(15(2)13-17)25(3,23)24/h7,9-10,13H,4-6,8,11-12,14H2,1-3H3,(H2,20,21,22). The van der Waals surface area contributed by atoms with Crippen molar-refractivity contribution >= 4 is 15.8 Å². The summed E-state index contributed by atoms with van der Waals surface area (Å²) in [7, 11) is -3.18. The summed E-state index contributed by atoms with van der Waals surface area (Å²) in [6.45, 7) is 6.07. The van der Waals surface area contributed by atoms with E-state index in [0.29, 0.717) is 11.4 Å². The fraction of sp³-hybridized carbons (Fsp3) is 0.526. The summed E-state index contributed by atoms with van der Waals surface area (Å²) in [5.74, 6) is 0.797. The second kappa shape index (κ2) is 9.04. The van der Waals surface area contributed by atoms with E-state index in [2.05, 4.69) is 21.7 Å². The highest BCUT2D eigenvalue weighted by Crippen LogP contribution is 2.20. The molecule has 0 amide bonds. The molecule has 1 aromatic rings. The van der Waals surface area contributed by atoms with Crippen molar-refractivity contribution in [3.8, 4) is 0 Å². The van der Waals surface area contributed by atoms with Crippen LogP contribution in [-0.2, 0) is 16.4 Å². The minimum absolute atomic E-state index is 0.384. The first kappa shape index (κ1) is 19.5. The number of aryl methyl sites for hydroxylation is 1. The number of guanidine groups is 1. The summed E-state index contributed by atoms with van der Waals surface area (Å²) in [6.07, 6.45) is 8.37. The molecule has 0 radical (unpaired) electrons. The quantitative estimate of drug-likeness (QED) is 0.444. The fourth-order valence-electron chi connectivity index (χ4n) is 3.04. The van der Waals surface area contributed by atoms with Gasteiger partial charge in [-0.25, -0.2) is 13.4 Å². The molecule has 0 spiro atoms. The molecule has 2 rings (SSSR count). The molecule has 138 valence electrons. The van der Waals surface area contributed by atoms with Gasteiger partial charge >= 0.3 is 0 Å². The van der Waals surface area contributed by atoms with E-state index in [1.807, 2.05) is 26.0 Å². The van der Waals surface area contributed by atoms with Crippen molar-refractivity contribution in [2.24, 2.45) is 4.99 Å². The molecule has 0 atom stereocenters. The maximum Gasteiger partial charge on any atom is 0.191 e. The van der Waals surface area contributed by atoms with E-state index in [4.69, 9.17) is 0 Å². The Kier molecular flexibility index (Phi) is 7.05. The van der Waals surface area contributed by atoms with Crippen LogP contribution in [0.2, 0.25) is 0 Å². The Morgan fingerprint density at radius 2 is 2.08 bits per heavy atom. The molecular formula is C19H29N3O2S. The average Bonchev–Trinajstić information content (AvgIpc) is 3.04. The summed E-state index contributed by atoms with van der Waals surface area (Å²) in [5, 5.41) is 6.62. The lowest BCUT2D eigenvalue weighted by Crippen LogP contribution is -2.37. The molecule has 1 aliphatic carbocycles. The van der Waals surface area contributed by atoms with Gasteiger partial charge in [0, 0.05) is 19.3 Å². The maximum absolute atomic E-state index is 11.7. The Morgan fingerprint density at radius 3 is 2.68 bits per heavy atom. The summed E-state index contributed by atoms with van der Waals surface area (Å²) in [4.78, 5) is 4.99. The SMILES string of the molecule is CCNC(=NCc1ccc(S(C)(=O)=O)c(C)c1)NCCC1=CCCC1. The van der Waals surface area contributed by atoms with E-state index in [9.17, 15) is 8.42 Å². The molecule has 0 heterocycles. The van der Waals surface area contributed by atoms with E-state index >= 15 is 0 Å². The molecule has 5 nitrogen and oxygen atoms in total. The smallest absolute Gasteiger partial charge is 0.191 e. The lowest BCUT2D eigenvalue weighted by Gasteiger charge is -2.12. The van der Waals surface area contributed by atoms with Gasteiger partial charge in [-0.05, 0) is 56.7 Å². The molecule has 0 fully saturated rings. The van der Waals surface area contributed by atoms with Crippen LogP contribution in [0.5, 0.6) is 0 Å². The van der Waals surface area contributed by atoms with Crippen LogP contribution < -0.4 is 10.6 Å². The first-order valence-corrected chi connectivity index (χ1v) is 10.8. The van der Waals surface area contributed by atoms with Gasteiger partial charge in [0.15, 0.2) is 15.8 Å². The third kappa shape index (κ3) is 6.20. The van der Waals surface area contributed by atoms with Crippen LogP contribution in [0.1, 0.15) is 43.7 Å². The predicted octanol–water partition coefficient (Wildman–Crippen LogP) is 2.95. The molecular weight excluding hydrogens is 334 g/mol. The monoisotopic (exact) mass is 363 g/mol. The van der Waals surface area contributed by atoms with Gasteiger partial charge < -0.3 is 10.6 Å². The minimum atomic E-state index is -3.18. The van der Waals surface area contributed by atoms with Crippen molar-refractivity contribution in [1.82, 2.24) is 10.6 Å². The first-order chi connectivity index (χ1) is 11.9. The van der Waals surface area contributed by atoms with E-state index in [1.165, 1.54) is 31.1 Å². The lowest BCUT2D eigenvalue weighted by molar-refractivity contribution is 0.601. The van der Waals surface area contributed by atoms with E-state index in [0.717, 1.165) is 36.6 Å². The van der Waals surface area contributed by atoms with Crippen molar-refractivity contribution in [3.05, 3.63) is 41.0 Å². The van der Waals surface area contributed by atoms with E-state index in [-0.39, 0.29) is 0 Å². The van der Waals surface area contributed by atoms with Crippen molar-refractivity contribution in [3.63, 3.8) is 0 Å². The summed E-state index contributed by atoms with van der Waals surface area (Å²) < 4.78 is 23.4. The number of hydrogen-bond donors (Lipinski definition) is 2. The molecule has 0 unspecified atom stereocenters. The number of hydrogen-bond acceptors (Lipinski definition) is 3. The molecule has 2 N–H and O–H groups in total. The molecule has 1 aliphatic rings. The van der Waals surface area contributed by atoms with Crippen molar-refractivity contribution in [1.29, 1.82) is 0 Å². The van der Waals surface area contributed by atoms with Gasteiger partial charge in [-0.15, -0.1) is 0 Å². The van der Waals surface area contributed by atoms with Crippen LogP contribution in [-0.4, -0.2) is 33.7 Å². The third-order valence-electron chi connectivity index (χ3n) is 4.28. The Hall–Kier alpha value is -1.82. The van der Waals surface area contributed by atoms with Gasteiger partial charge in [-0.1, -0.05) is 23.8 Å². The van der Waals surface area contributed by atoms with Crippen LogP contribution in [0.15, 0.2) is 39.7 Å². The summed E-state index contributed by atoms with van der Waals surface area (Å²) >= 11 is 0. The highest BCUT2D eigenvalue weighted by molar-refractivity contribution is 7.90. The molecule has 1 aromatic carbocycles. The van der Waals surface area contributed by atoms with Gasteiger partial charge in [0.05, 0.1) is 11.4 Å². The van der Waals surface area contributed by atoms with Crippen molar-refractivity contribution < 1.29 is 8.42 Å². The van der Waals surface area contributed by atoms with Crippen LogP contribution in [0.25, 0.3) is 0 Å². The Balaban J connectivity index is 1.96. The Morgan fingerprint density at radius 1 is 1.28 bits per heavy atom. The molecule has 0 aromatic heterocycles. The number of benzene rings is 1. The highest BCUT2D eigenvalue weighted by atomic mass is 32.2. The third-order valence-corrected chi connectivity index (χ3v) is 5.53. The zero-order chi connectivity index (χ0) is 18.3. The van der Waals surface area contributed by atoms with Crippen LogP contribution in [0, 0.1) is 6.92 Å². The number of allylic oxidation sites excluding steroid dienone is 1. The summed E-state index contributed by atoms with van der Waals surface area (Å²) in [5.41, 5.74) is 3.30. The second-order valence-corrected chi connectivity index (χ2v) is 8.48. The first-order valence-electron chi connectivity index (χ1n) is 8.90. The predicted molar refractivity (Wildman–Crippen MR) is 104 cm³/mol. The van der Waals surface area contributed by atoms with Crippen LogP contribution in [0.3, 0.4) is 0 Å². The topological polar surface area (TPSA) is 70.6 Å². The lowest BCUT2D eigenvalue weighted by atomic mass is 10.1. The van der Waals surface area contributed by atoms with E-state index in [1.54, 1.807) is 6.07 Å². The van der Waals surface area contributed by atoms with Gasteiger partial charge in [0.2, 0.25) is 0 Å². The van der Waals surface area contributed by atoms with Gasteiger partial charge in [0.25, 0.3) is 0 Å². The zero-order valence-corrected chi connectivity index (χ0v) is 16.2. The van der Waals surface area contributed by atoms with Gasteiger partial charge in [-0.2, -0.15) is 0 Å². The number of sulfone groups is 1. The molecule has 0 saturated carbocycles. The Bertz CT molecular complexity index is 752. The number of aliphatic imine (C=N–C) groups is 1. The molecule has 6 heteroatoms. The van der Waals surface area contributed by atoms with Crippen LogP contribution in [0.4, 0.5) is 0 Å². The fourth-order valence-corrected chi connectivity index (χ4v) is 4.00. The van der Waals surface area contributed by atoms with Crippen molar-refractivity contribution in [2.45, 2.75) is 51.0 Å². The second-order valence-electron chi connectivity index (χ2n) is 6.50. The minimum Gasteiger partial charge on any atom is -0.357 e. The van der Waals surface area contributed by atoms with Gasteiger partial charge in [0.1, 0.15) is 0 Å². The number of nitrogens with zero attached hydrogens (tertiary/aromatic N) is 1. The number of nitrogens with one attached hydrogen (secondary N) is 2. The Labute approximate surface area is 151 Å². The van der Waals surface area contributed by atoms with Crippen LogP contribution >= 0.6 is 0 Å².